The Hall–Kier alpha value is -0.680. The number of hydrogen-bond acceptors (Lipinski definition) is 2. The Morgan fingerprint density at radius 3 is 1.82 bits per heavy atom. The van der Waals surface area contributed by atoms with Gasteiger partial charge in [0.2, 0.25) is 11.8 Å². The first kappa shape index (κ1) is 19.3. The number of benzene rings is 2. The molecule has 2 aromatic carbocycles. The summed E-state index contributed by atoms with van der Waals surface area (Å²) in [6.07, 6.45) is 0. The number of allylic oxidation sites excluding steroid dienone is 2. The van der Waals surface area contributed by atoms with Crippen LogP contribution in [0.1, 0.15) is 0 Å². The van der Waals surface area contributed by atoms with Gasteiger partial charge in [0.05, 0.1) is 27.6 Å². The van der Waals surface area contributed by atoms with Crippen molar-refractivity contribution in [2.75, 3.05) is 4.90 Å². The predicted octanol–water partition coefficient (Wildman–Crippen LogP) is 5.79. The van der Waals surface area contributed by atoms with Crippen molar-refractivity contribution in [2.45, 2.75) is 14.1 Å². The van der Waals surface area contributed by atoms with Crippen molar-refractivity contribution in [3.8, 4) is 0 Å². The van der Waals surface area contributed by atoms with Crippen molar-refractivity contribution >= 4 is 97.9 Å². The summed E-state index contributed by atoms with van der Waals surface area (Å²) in [5.41, 5.74) is 0.435. The van der Waals surface area contributed by atoms with Crippen LogP contribution in [0.2, 0.25) is 0 Å². The van der Waals surface area contributed by atoms with E-state index in [1.807, 2.05) is 30.3 Å². The van der Waals surface area contributed by atoms with E-state index in [1.165, 1.54) is 0 Å². The molecule has 1 saturated heterocycles. The van der Waals surface area contributed by atoms with E-state index in [1.54, 1.807) is 12.1 Å². The lowest BCUT2D eigenvalue weighted by atomic mass is 9.84. The molecule has 0 N–H and O–H groups in total. The average Bonchev–Trinajstić information content (AvgIpc) is 3.05. The molecule has 3 nitrogen and oxygen atoms in total. The van der Waals surface area contributed by atoms with Crippen LogP contribution in [0.4, 0.5) is 5.69 Å². The highest BCUT2D eigenvalue weighted by molar-refractivity contribution is 6.67. The molecule has 0 unspecified atom stereocenters. The lowest BCUT2D eigenvalue weighted by Gasteiger charge is -2.34. The van der Waals surface area contributed by atoms with Gasteiger partial charge in [-0.3, -0.25) is 9.59 Å². The van der Waals surface area contributed by atoms with Gasteiger partial charge in [-0.25, -0.2) is 4.90 Å². The van der Waals surface area contributed by atoms with E-state index in [4.69, 9.17) is 69.6 Å². The Morgan fingerprint density at radius 1 is 0.750 bits per heavy atom. The largest absolute Gasteiger partial charge is 0.274 e. The van der Waals surface area contributed by atoms with E-state index in [0.717, 1.165) is 15.7 Å². The number of fused-ring (bicyclic) bond motifs is 6. The van der Waals surface area contributed by atoms with Gasteiger partial charge in [0, 0.05) is 5.39 Å². The van der Waals surface area contributed by atoms with Gasteiger partial charge in [-0.1, -0.05) is 82.8 Å². The van der Waals surface area contributed by atoms with Gasteiger partial charge in [0.15, 0.2) is 4.33 Å². The molecule has 4 atom stereocenters. The zero-order valence-corrected chi connectivity index (χ0v) is 18.3. The van der Waals surface area contributed by atoms with Gasteiger partial charge in [-0.15, -0.1) is 23.2 Å². The summed E-state index contributed by atoms with van der Waals surface area (Å²) < 4.78 is -1.93. The molecule has 0 radical (unpaired) electrons. The van der Waals surface area contributed by atoms with Crippen LogP contribution in [0.3, 0.4) is 0 Å². The van der Waals surface area contributed by atoms with Crippen LogP contribution in [0.25, 0.3) is 10.8 Å². The summed E-state index contributed by atoms with van der Waals surface area (Å²) in [6.45, 7) is 0. The highest BCUT2D eigenvalue weighted by Gasteiger charge is 2.87. The molecule has 0 spiro atoms. The van der Waals surface area contributed by atoms with Crippen LogP contribution in [-0.2, 0) is 9.59 Å². The number of imide groups is 1. The SMILES string of the molecule is O=C1[C@@H]2[C@@H](C(=O)N1c1cccc3ccccc13)[C@@]1(Cl)C(Cl)=C(Cl)[C@@]2(Cl)C1(Cl)Cl. The molecule has 3 aliphatic rings. The quantitative estimate of drug-likeness (QED) is 0.371. The van der Waals surface area contributed by atoms with E-state index < -0.39 is 37.7 Å². The molecule has 1 heterocycles. The van der Waals surface area contributed by atoms with Crippen LogP contribution in [0.15, 0.2) is 52.5 Å². The molecule has 1 saturated carbocycles. The molecule has 144 valence electrons. The summed E-state index contributed by atoms with van der Waals surface area (Å²) in [4.78, 5) is 24.4. The van der Waals surface area contributed by atoms with E-state index in [9.17, 15) is 9.59 Å². The number of halogens is 6. The number of amides is 2. The van der Waals surface area contributed by atoms with Gasteiger partial charge in [-0.2, -0.15) is 0 Å². The molecule has 2 fully saturated rings. The monoisotopic (exact) mass is 493 g/mol. The highest BCUT2D eigenvalue weighted by atomic mass is 35.5. The number of rotatable bonds is 1. The Balaban J connectivity index is 1.74. The number of carbonyl (C=O) groups excluding carboxylic acids is 2. The van der Waals surface area contributed by atoms with Crippen LogP contribution < -0.4 is 4.90 Å². The maximum Gasteiger partial charge on any atom is 0.240 e. The third-order valence-corrected chi connectivity index (χ3v) is 10.2. The summed E-state index contributed by atoms with van der Waals surface area (Å²) >= 11 is 39.1. The fraction of sp³-hybridized carbons (Fsp3) is 0.263. The molecule has 28 heavy (non-hydrogen) atoms. The lowest BCUT2D eigenvalue weighted by molar-refractivity contribution is -0.123. The van der Waals surface area contributed by atoms with Crippen molar-refractivity contribution in [2.24, 2.45) is 11.8 Å². The first-order valence-corrected chi connectivity index (χ1v) is 10.5. The van der Waals surface area contributed by atoms with Crippen molar-refractivity contribution in [3.05, 3.63) is 52.5 Å². The van der Waals surface area contributed by atoms with Crippen molar-refractivity contribution in [3.63, 3.8) is 0 Å². The molecule has 0 aromatic heterocycles. The molecule has 5 rings (SSSR count). The Labute approximate surface area is 190 Å². The summed E-state index contributed by atoms with van der Waals surface area (Å²) in [6, 6.07) is 12.7. The van der Waals surface area contributed by atoms with Crippen LogP contribution in [0, 0.1) is 11.8 Å². The molecule has 2 aliphatic carbocycles. The Kier molecular flexibility index (Phi) is 3.94. The number of alkyl halides is 4. The molecule has 9 heteroatoms. The van der Waals surface area contributed by atoms with Gasteiger partial charge in [0.25, 0.3) is 0 Å². The van der Waals surface area contributed by atoms with Crippen molar-refractivity contribution in [1.29, 1.82) is 0 Å². The zero-order valence-electron chi connectivity index (χ0n) is 13.7. The van der Waals surface area contributed by atoms with Crippen LogP contribution in [0.5, 0.6) is 0 Å². The number of carbonyl (C=O) groups is 2. The predicted molar refractivity (Wildman–Crippen MR) is 114 cm³/mol. The second-order valence-electron chi connectivity index (χ2n) is 7.09. The third-order valence-electron chi connectivity index (χ3n) is 5.92. The number of hydrogen-bond donors (Lipinski definition) is 0. The topological polar surface area (TPSA) is 37.4 Å². The fourth-order valence-electron chi connectivity index (χ4n) is 4.64. The molecular weight excluding hydrogens is 487 g/mol. The Morgan fingerprint density at radius 2 is 1.25 bits per heavy atom. The molecule has 2 aromatic rings. The minimum Gasteiger partial charge on any atom is -0.274 e. The van der Waals surface area contributed by atoms with Crippen molar-refractivity contribution in [1.82, 2.24) is 0 Å². The average molecular weight is 496 g/mol. The summed E-state index contributed by atoms with van der Waals surface area (Å²) in [7, 11) is 0. The first-order chi connectivity index (χ1) is 13.1. The fourth-order valence-corrected chi connectivity index (χ4v) is 7.56. The molecule has 2 bridgehead atoms. The molecular formula is C19H9Cl6NO2. The van der Waals surface area contributed by atoms with E-state index >= 15 is 0 Å². The van der Waals surface area contributed by atoms with E-state index in [2.05, 4.69) is 0 Å². The van der Waals surface area contributed by atoms with Gasteiger partial charge in [-0.05, 0) is 11.5 Å². The van der Waals surface area contributed by atoms with Gasteiger partial charge in [0.1, 0.15) is 9.75 Å². The summed E-state index contributed by atoms with van der Waals surface area (Å²) in [5, 5.41) is 1.41. The van der Waals surface area contributed by atoms with Crippen LogP contribution in [-0.4, -0.2) is 25.9 Å². The highest BCUT2D eigenvalue weighted by Crippen LogP contribution is 2.77. The van der Waals surface area contributed by atoms with Crippen molar-refractivity contribution < 1.29 is 9.59 Å². The second kappa shape index (κ2) is 5.72. The minimum atomic E-state index is -1.93. The van der Waals surface area contributed by atoms with Gasteiger partial charge >= 0.3 is 0 Å². The number of nitrogens with zero attached hydrogens (tertiary/aromatic N) is 1. The normalized spacial score (nSPS) is 36.0. The second-order valence-corrected chi connectivity index (χ2v) is 10.4. The van der Waals surface area contributed by atoms with Gasteiger partial charge < -0.3 is 0 Å². The minimum absolute atomic E-state index is 0.0991. The lowest BCUT2D eigenvalue weighted by Crippen LogP contribution is -2.50. The first-order valence-electron chi connectivity index (χ1n) is 8.27. The zero-order chi connectivity index (χ0) is 20.2. The maximum atomic E-state index is 13.4. The molecule has 2 amide bonds. The standard InChI is InChI=1S/C19H9Cl6NO2/c20-13-14(21)18(23)12-11(17(13,22)19(18,24)25)15(27)26(16(12)28)10-7-3-5-8-4-1-2-6-9(8)10/h1-7,11-12H/t11-,12-,17+,18+/m0/s1. The molecule has 1 aliphatic heterocycles. The van der Waals surface area contributed by atoms with E-state index in [0.29, 0.717) is 5.69 Å². The Bertz CT molecular complexity index is 1080. The third kappa shape index (κ3) is 1.84. The maximum absolute atomic E-state index is 13.4. The smallest absolute Gasteiger partial charge is 0.240 e. The van der Waals surface area contributed by atoms with Crippen LogP contribution >= 0.6 is 69.6 Å². The number of anilines is 1. The summed E-state index contributed by atoms with van der Waals surface area (Å²) in [5.74, 6) is -3.39. The van der Waals surface area contributed by atoms with E-state index in [-0.39, 0.29) is 10.1 Å².